The van der Waals surface area contributed by atoms with Gasteiger partial charge in [-0.05, 0) is 32.6 Å². The van der Waals surface area contributed by atoms with Crippen molar-refractivity contribution in [2.45, 2.75) is 32.6 Å². The van der Waals surface area contributed by atoms with Gasteiger partial charge in [0.15, 0.2) is 0 Å². The summed E-state index contributed by atoms with van der Waals surface area (Å²) in [6.45, 7) is 6.96. The Bertz CT molecular complexity index is 206. The largest absolute Gasteiger partial charge is 0.396 e. The van der Waals surface area contributed by atoms with E-state index in [0.29, 0.717) is 31.5 Å². The van der Waals surface area contributed by atoms with Gasteiger partial charge in [-0.15, -0.1) is 0 Å². The number of amides is 1. The van der Waals surface area contributed by atoms with Crippen LogP contribution in [0.1, 0.15) is 32.6 Å². The van der Waals surface area contributed by atoms with Crippen molar-refractivity contribution >= 4 is 5.91 Å². The van der Waals surface area contributed by atoms with Gasteiger partial charge in [0.05, 0.1) is 0 Å². The van der Waals surface area contributed by atoms with Crippen molar-refractivity contribution in [3.8, 4) is 0 Å². The minimum Gasteiger partial charge on any atom is -0.396 e. The van der Waals surface area contributed by atoms with Crippen LogP contribution in [0.25, 0.3) is 0 Å². The first-order valence-electron chi connectivity index (χ1n) is 5.80. The van der Waals surface area contributed by atoms with Gasteiger partial charge in [-0.3, -0.25) is 4.79 Å². The monoisotopic (exact) mass is 229 g/mol. The van der Waals surface area contributed by atoms with E-state index < -0.39 is 0 Å². The molecule has 16 heavy (non-hydrogen) atoms. The second kappa shape index (κ2) is 9.36. The number of hydrogen-bond acceptors (Lipinski definition) is 3. The van der Waals surface area contributed by atoms with Crippen LogP contribution in [0.3, 0.4) is 0 Å². The van der Waals surface area contributed by atoms with Crippen LogP contribution in [0.2, 0.25) is 0 Å². The topological polar surface area (TPSA) is 60.8 Å². The first kappa shape index (κ1) is 15.1. The molecule has 0 atom stereocenters. The van der Waals surface area contributed by atoms with E-state index in [1.807, 2.05) is 0 Å². The van der Waals surface area contributed by atoms with Gasteiger partial charge in [0.2, 0.25) is 5.91 Å². The second-order valence-corrected chi connectivity index (χ2v) is 3.93. The van der Waals surface area contributed by atoms with Crippen LogP contribution in [0.5, 0.6) is 0 Å². The maximum atomic E-state index is 11.7. The molecular weight excluding hydrogens is 206 g/mol. The maximum absolute atomic E-state index is 11.7. The Morgan fingerprint density at radius 3 is 1.81 bits per heavy atom. The summed E-state index contributed by atoms with van der Waals surface area (Å²) in [5.74, 6) is -0.0316. The fraction of sp³-hybridized carbons (Fsp3) is 0.750. The molecule has 2 N–H and O–H groups in total. The van der Waals surface area contributed by atoms with Crippen molar-refractivity contribution in [3.05, 3.63) is 12.2 Å². The Kier molecular flexibility index (Phi) is 8.85. The summed E-state index contributed by atoms with van der Waals surface area (Å²) in [4.78, 5) is 13.5. The molecule has 0 aliphatic carbocycles. The van der Waals surface area contributed by atoms with Gasteiger partial charge >= 0.3 is 0 Å². The third-order valence-electron chi connectivity index (χ3n) is 2.32. The highest BCUT2D eigenvalue weighted by Crippen LogP contribution is 2.04. The van der Waals surface area contributed by atoms with Crippen molar-refractivity contribution < 1.29 is 15.0 Å². The first-order valence-corrected chi connectivity index (χ1v) is 5.80. The zero-order chi connectivity index (χ0) is 12.4. The Balaban J connectivity index is 4.05. The molecule has 0 radical (unpaired) electrons. The van der Waals surface area contributed by atoms with E-state index in [1.54, 1.807) is 11.8 Å². The molecule has 94 valence electrons. The van der Waals surface area contributed by atoms with E-state index >= 15 is 0 Å². The number of aliphatic hydroxyl groups excluding tert-OH is 2. The summed E-state index contributed by atoms with van der Waals surface area (Å²) in [5, 5.41) is 17.4. The zero-order valence-corrected chi connectivity index (χ0v) is 10.1. The lowest BCUT2D eigenvalue weighted by atomic mass is 10.2. The third-order valence-corrected chi connectivity index (χ3v) is 2.32. The van der Waals surface area contributed by atoms with Crippen LogP contribution in [0, 0.1) is 0 Å². The summed E-state index contributed by atoms with van der Waals surface area (Å²) in [6, 6.07) is 0. The molecule has 0 saturated carbocycles. The third kappa shape index (κ3) is 6.58. The number of unbranched alkanes of at least 4 members (excludes halogenated alkanes) is 2. The SMILES string of the molecule is C=C(C)C(=O)N(CCCCO)CCCCO. The number of rotatable bonds is 9. The lowest BCUT2D eigenvalue weighted by Crippen LogP contribution is -2.33. The molecule has 4 heteroatoms. The molecule has 0 unspecified atom stereocenters. The van der Waals surface area contributed by atoms with Crippen molar-refractivity contribution in [1.82, 2.24) is 4.90 Å². The summed E-state index contributed by atoms with van der Waals surface area (Å²) in [5.41, 5.74) is 0.535. The quantitative estimate of drug-likeness (QED) is 0.457. The van der Waals surface area contributed by atoms with Crippen molar-refractivity contribution in [2.24, 2.45) is 0 Å². The van der Waals surface area contributed by atoms with Gasteiger partial charge in [-0.2, -0.15) is 0 Å². The van der Waals surface area contributed by atoms with Crippen LogP contribution in [0.4, 0.5) is 0 Å². The number of aliphatic hydroxyl groups is 2. The molecule has 0 aromatic rings. The molecule has 0 aliphatic rings. The zero-order valence-electron chi connectivity index (χ0n) is 10.1. The molecule has 1 amide bonds. The van der Waals surface area contributed by atoms with Crippen LogP contribution in [-0.4, -0.2) is 47.3 Å². The van der Waals surface area contributed by atoms with Gasteiger partial charge < -0.3 is 15.1 Å². The minimum absolute atomic E-state index is 0.0316. The average molecular weight is 229 g/mol. The van der Waals surface area contributed by atoms with Crippen molar-refractivity contribution in [2.75, 3.05) is 26.3 Å². The smallest absolute Gasteiger partial charge is 0.248 e. The van der Waals surface area contributed by atoms with E-state index in [2.05, 4.69) is 6.58 Å². The number of carbonyl (C=O) groups excluding carboxylic acids is 1. The first-order chi connectivity index (χ1) is 7.63. The van der Waals surface area contributed by atoms with Gasteiger partial charge in [0, 0.05) is 31.9 Å². The van der Waals surface area contributed by atoms with Crippen LogP contribution >= 0.6 is 0 Å². The summed E-state index contributed by atoms with van der Waals surface area (Å²) >= 11 is 0. The summed E-state index contributed by atoms with van der Waals surface area (Å²) < 4.78 is 0. The van der Waals surface area contributed by atoms with E-state index in [9.17, 15) is 4.79 Å². The van der Waals surface area contributed by atoms with Crippen LogP contribution in [-0.2, 0) is 4.79 Å². The predicted molar refractivity (Wildman–Crippen MR) is 64.0 cm³/mol. The van der Waals surface area contributed by atoms with E-state index in [1.165, 1.54) is 0 Å². The molecule has 0 saturated heterocycles. The van der Waals surface area contributed by atoms with Crippen molar-refractivity contribution in [3.63, 3.8) is 0 Å². The molecule has 4 nitrogen and oxygen atoms in total. The summed E-state index contributed by atoms with van der Waals surface area (Å²) in [6.07, 6.45) is 3.02. The molecule has 0 bridgehead atoms. The average Bonchev–Trinajstić information content (AvgIpc) is 2.26. The fourth-order valence-electron chi connectivity index (χ4n) is 1.41. The Hall–Kier alpha value is -0.870. The molecular formula is C12H23NO3. The standard InChI is InChI=1S/C12H23NO3/c1-11(2)12(16)13(7-3-5-9-14)8-4-6-10-15/h14-15H,1,3-10H2,2H3. The Labute approximate surface area is 97.6 Å². The molecule has 0 aliphatic heterocycles. The Morgan fingerprint density at radius 2 is 1.50 bits per heavy atom. The van der Waals surface area contributed by atoms with Crippen LogP contribution < -0.4 is 0 Å². The highest BCUT2D eigenvalue weighted by Gasteiger charge is 2.12. The molecule has 0 aromatic carbocycles. The van der Waals surface area contributed by atoms with Gasteiger partial charge in [0.25, 0.3) is 0 Å². The molecule has 0 spiro atoms. The molecule has 0 rings (SSSR count). The minimum atomic E-state index is -0.0316. The number of hydrogen-bond donors (Lipinski definition) is 2. The summed E-state index contributed by atoms with van der Waals surface area (Å²) in [7, 11) is 0. The van der Waals surface area contributed by atoms with E-state index in [0.717, 1.165) is 12.8 Å². The molecule has 0 aromatic heterocycles. The van der Waals surface area contributed by atoms with E-state index in [4.69, 9.17) is 10.2 Å². The number of nitrogens with zero attached hydrogens (tertiary/aromatic N) is 1. The Morgan fingerprint density at radius 1 is 1.06 bits per heavy atom. The lowest BCUT2D eigenvalue weighted by molar-refractivity contribution is -0.127. The number of carbonyl (C=O) groups is 1. The second-order valence-electron chi connectivity index (χ2n) is 3.93. The van der Waals surface area contributed by atoms with Gasteiger partial charge in [-0.1, -0.05) is 6.58 Å². The predicted octanol–water partition coefficient (Wildman–Crippen LogP) is 0.936. The normalized spacial score (nSPS) is 10.2. The highest BCUT2D eigenvalue weighted by molar-refractivity contribution is 5.92. The van der Waals surface area contributed by atoms with Gasteiger partial charge in [-0.25, -0.2) is 0 Å². The molecule has 0 fully saturated rings. The fourth-order valence-corrected chi connectivity index (χ4v) is 1.41. The molecule has 0 heterocycles. The van der Waals surface area contributed by atoms with Crippen molar-refractivity contribution in [1.29, 1.82) is 0 Å². The maximum Gasteiger partial charge on any atom is 0.248 e. The highest BCUT2D eigenvalue weighted by atomic mass is 16.3. The lowest BCUT2D eigenvalue weighted by Gasteiger charge is -2.22. The van der Waals surface area contributed by atoms with E-state index in [-0.39, 0.29) is 19.1 Å². The van der Waals surface area contributed by atoms with Crippen LogP contribution in [0.15, 0.2) is 12.2 Å². The van der Waals surface area contributed by atoms with Gasteiger partial charge in [0.1, 0.15) is 0 Å².